The van der Waals surface area contributed by atoms with Crippen LogP contribution in [0.2, 0.25) is 31.7 Å². The predicted molar refractivity (Wildman–Crippen MR) is 212 cm³/mol. The summed E-state index contributed by atoms with van der Waals surface area (Å²) in [6.07, 6.45) is 14.9. The third-order valence-corrected chi connectivity index (χ3v) is 22.4. The van der Waals surface area contributed by atoms with Crippen LogP contribution >= 0.6 is 0 Å². The van der Waals surface area contributed by atoms with Gasteiger partial charge in [-0.15, -0.1) is 0 Å². The predicted octanol–water partition coefficient (Wildman–Crippen LogP) is 9.00. The molecule has 1 N–H and O–H groups in total. The van der Waals surface area contributed by atoms with Crippen molar-refractivity contribution < 1.29 is 37.4 Å². The quantitative estimate of drug-likeness (QED) is 0.0536. The number of ether oxygens (including phenoxy) is 4. The Kier molecular flexibility index (Phi) is 15.1. The normalized spacial score (nSPS) is 36.7. The van der Waals surface area contributed by atoms with Crippen molar-refractivity contribution in [3.05, 3.63) is 0 Å². The molecule has 12 unspecified atom stereocenters. The van der Waals surface area contributed by atoms with Crippen molar-refractivity contribution in [2.45, 2.75) is 156 Å². The Morgan fingerprint density at radius 3 is 2.31 bits per heavy atom. The topological polar surface area (TPSA) is 96.0 Å². The summed E-state index contributed by atoms with van der Waals surface area (Å²) >= 11 is 0. The van der Waals surface area contributed by atoms with Gasteiger partial charge >= 0.3 is 14.5 Å². The van der Waals surface area contributed by atoms with Crippen LogP contribution in [-0.4, -0.2) is 86.9 Å². The van der Waals surface area contributed by atoms with Crippen molar-refractivity contribution in [2.75, 3.05) is 46.8 Å². The second-order valence-corrected chi connectivity index (χ2v) is 27.8. The summed E-state index contributed by atoms with van der Waals surface area (Å²) in [5.74, 6) is 5.55. The zero-order valence-corrected chi connectivity index (χ0v) is 36.7. The molecule has 0 bridgehead atoms. The minimum Gasteiger partial charge on any atom is -0.463 e. The van der Waals surface area contributed by atoms with E-state index in [-0.39, 0.29) is 31.2 Å². The first-order valence-electron chi connectivity index (χ1n) is 21.5. The van der Waals surface area contributed by atoms with Gasteiger partial charge < -0.3 is 32.6 Å². The highest BCUT2D eigenvalue weighted by molar-refractivity contribution is 6.82. The Labute approximate surface area is 319 Å². The minimum absolute atomic E-state index is 0.00281. The van der Waals surface area contributed by atoms with E-state index >= 15 is 0 Å². The maximum atomic E-state index is 13.3. The van der Waals surface area contributed by atoms with Crippen LogP contribution in [0.1, 0.15) is 112 Å². The summed E-state index contributed by atoms with van der Waals surface area (Å²) in [5, 5.41) is 10.6. The number of carbonyl (C=O) groups is 1. The lowest BCUT2D eigenvalue weighted by Crippen LogP contribution is -2.54. The molecule has 12 atom stereocenters. The van der Waals surface area contributed by atoms with Crippen molar-refractivity contribution in [1.82, 2.24) is 0 Å². The summed E-state index contributed by atoms with van der Waals surface area (Å²) in [6, 6.07) is 1.57. The Morgan fingerprint density at radius 2 is 1.60 bits per heavy atom. The van der Waals surface area contributed by atoms with Crippen LogP contribution < -0.4 is 0 Å². The molecule has 302 valence electrons. The SMILES string of the molecule is CO[Si](C)(CCOCC1CO1)O[Si](C)(C)CCOCC(O)COC(=O)C1CCC2(C)C(CCC3C2CCC2(C)C(C(C)CCCC(C)C)CCC32)C1. The van der Waals surface area contributed by atoms with E-state index in [1.165, 1.54) is 57.8 Å². The van der Waals surface area contributed by atoms with Crippen LogP contribution in [0.3, 0.4) is 0 Å². The fraction of sp³-hybridized carbons (Fsp3) is 0.976. The molecule has 0 aromatic rings. The van der Waals surface area contributed by atoms with Gasteiger partial charge in [-0.2, -0.15) is 0 Å². The van der Waals surface area contributed by atoms with Crippen LogP contribution in [0, 0.1) is 58.2 Å². The van der Waals surface area contributed by atoms with Crippen molar-refractivity contribution in [1.29, 1.82) is 0 Å². The second-order valence-electron chi connectivity index (χ2n) is 19.7. The molecule has 5 fully saturated rings. The highest BCUT2D eigenvalue weighted by Gasteiger charge is 2.61. The van der Waals surface area contributed by atoms with E-state index in [0.29, 0.717) is 36.6 Å². The monoisotopic (exact) mass is 767 g/mol. The third-order valence-electron chi connectivity index (χ3n) is 15.1. The van der Waals surface area contributed by atoms with Crippen LogP contribution in [0.25, 0.3) is 0 Å². The number of fused-ring (bicyclic) bond motifs is 5. The van der Waals surface area contributed by atoms with Gasteiger partial charge in [0.15, 0.2) is 8.32 Å². The number of hydrogen-bond acceptors (Lipinski definition) is 8. The Morgan fingerprint density at radius 1 is 0.885 bits per heavy atom. The standard InChI is InChI=1S/C42H78O8Si2/c1-30(2)11-10-12-31(3)37-15-16-38-36-14-13-33-25-32(17-19-41(33,4)39(36)18-20-42(37,38)5)40(44)49-27-34(43)26-46-21-23-51(7,8)50-52(9,45-6)24-22-47-28-35-29-48-35/h30-39,43H,10-29H2,1-9H3. The zero-order valence-electron chi connectivity index (χ0n) is 34.7. The molecule has 0 aromatic carbocycles. The van der Waals surface area contributed by atoms with Gasteiger partial charge in [-0.25, -0.2) is 0 Å². The van der Waals surface area contributed by atoms with Crippen molar-refractivity contribution in [3.63, 3.8) is 0 Å². The lowest BCUT2D eigenvalue weighted by Gasteiger charge is -2.61. The van der Waals surface area contributed by atoms with E-state index in [0.717, 1.165) is 73.5 Å². The van der Waals surface area contributed by atoms with E-state index in [4.69, 9.17) is 27.5 Å². The maximum Gasteiger partial charge on any atom is 0.326 e. The third kappa shape index (κ3) is 10.7. The lowest BCUT2D eigenvalue weighted by molar-refractivity contribution is -0.161. The van der Waals surface area contributed by atoms with Gasteiger partial charge in [-0.3, -0.25) is 4.79 Å². The van der Waals surface area contributed by atoms with Crippen LogP contribution in [0.15, 0.2) is 0 Å². The van der Waals surface area contributed by atoms with Crippen LogP contribution in [0.5, 0.6) is 0 Å². The lowest BCUT2D eigenvalue weighted by atomic mass is 9.44. The number of aliphatic hydroxyl groups is 1. The van der Waals surface area contributed by atoms with E-state index < -0.39 is 23.0 Å². The largest absolute Gasteiger partial charge is 0.463 e. The second kappa shape index (κ2) is 18.3. The summed E-state index contributed by atoms with van der Waals surface area (Å²) in [7, 11) is -2.67. The molecule has 1 saturated heterocycles. The molecule has 4 aliphatic carbocycles. The van der Waals surface area contributed by atoms with Gasteiger partial charge in [0.2, 0.25) is 0 Å². The number of epoxide rings is 1. The summed E-state index contributed by atoms with van der Waals surface area (Å²) in [5.41, 5.74) is 0.867. The number of carbonyl (C=O) groups excluding carboxylic acids is 1. The number of esters is 1. The molecule has 0 spiro atoms. The molecule has 0 aromatic heterocycles. The van der Waals surface area contributed by atoms with Gasteiger partial charge in [0, 0.05) is 26.4 Å². The maximum absolute atomic E-state index is 13.3. The van der Waals surface area contributed by atoms with Crippen molar-refractivity contribution in [3.8, 4) is 0 Å². The number of aliphatic hydroxyl groups excluding tert-OH is 1. The molecule has 0 radical (unpaired) electrons. The summed E-state index contributed by atoms with van der Waals surface area (Å²) in [4.78, 5) is 13.3. The molecular formula is C42H78O8Si2. The van der Waals surface area contributed by atoms with E-state index in [1.807, 2.05) is 0 Å². The molecule has 10 heteroatoms. The van der Waals surface area contributed by atoms with Gasteiger partial charge in [0.05, 0.1) is 25.7 Å². The van der Waals surface area contributed by atoms with E-state index in [2.05, 4.69) is 54.3 Å². The van der Waals surface area contributed by atoms with Crippen molar-refractivity contribution in [2.24, 2.45) is 58.2 Å². The first kappa shape index (κ1) is 42.8. The van der Waals surface area contributed by atoms with Crippen LogP contribution in [-0.2, 0) is 32.3 Å². The van der Waals surface area contributed by atoms with E-state index in [9.17, 15) is 9.90 Å². The molecule has 8 nitrogen and oxygen atoms in total. The van der Waals surface area contributed by atoms with Gasteiger partial charge in [0.1, 0.15) is 18.8 Å². The fourth-order valence-corrected chi connectivity index (χ4v) is 19.0. The molecule has 5 rings (SSSR count). The molecule has 1 heterocycles. The van der Waals surface area contributed by atoms with Crippen LogP contribution in [0.4, 0.5) is 0 Å². The minimum atomic E-state index is -2.35. The average Bonchev–Trinajstić information content (AvgIpc) is 3.85. The molecule has 0 amide bonds. The van der Waals surface area contributed by atoms with Crippen molar-refractivity contribution >= 4 is 22.8 Å². The Hall–Kier alpha value is -0.336. The van der Waals surface area contributed by atoms with Gasteiger partial charge in [-0.05, 0) is 136 Å². The molecule has 4 saturated carbocycles. The molecule has 5 aliphatic rings. The highest BCUT2D eigenvalue weighted by atomic mass is 28.4. The molecule has 52 heavy (non-hydrogen) atoms. The smallest absolute Gasteiger partial charge is 0.326 e. The average molecular weight is 767 g/mol. The summed E-state index contributed by atoms with van der Waals surface area (Å²) < 4.78 is 35.0. The summed E-state index contributed by atoms with van der Waals surface area (Å²) in [6.45, 7) is 21.7. The van der Waals surface area contributed by atoms with Gasteiger partial charge in [0.25, 0.3) is 0 Å². The number of hydrogen-bond donors (Lipinski definition) is 1. The molecular weight excluding hydrogens is 689 g/mol. The molecule has 1 aliphatic heterocycles. The highest BCUT2D eigenvalue weighted by Crippen LogP contribution is 2.68. The zero-order chi connectivity index (χ0) is 37.7. The Balaban J connectivity index is 1.01. The first-order valence-corrected chi connectivity index (χ1v) is 27.1. The number of rotatable bonds is 21. The van der Waals surface area contributed by atoms with Gasteiger partial charge in [-0.1, -0.05) is 53.9 Å². The van der Waals surface area contributed by atoms with E-state index in [1.54, 1.807) is 7.11 Å². The first-order chi connectivity index (χ1) is 24.6. The Bertz CT molecular complexity index is 1140. The fourth-order valence-electron chi connectivity index (χ4n) is 11.8.